The van der Waals surface area contributed by atoms with Gasteiger partial charge >= 0.3 is 6.18 Å². The standard InChI is InChI=1S/C30H33F4N5O3/c1-37-9-11-39(12-10-37)27-6-4-20(22-13-19(3-5-25(22)31)17-38-8-7-21(40)18-38)14-26(27)36-29(41)23-16-35-28(42-2)15-24(23)30(32,33)34/h3-6,13-16,21,40H,7-12,17-18H2,1-2H3,(H,36,41)/t21-/m0/s1. The van der Waals surface area contributed by atoms with Crippen LogP contribution in [-0.2, 0) is 12.7 Å². The second kappa shape index (κ2) is 12.2. The molecular weight excluding hydrogens is 554 g/mol. The lowest BCUT2D eigenvalue weighted by Gasteiger charge is -2.35. The third-order valence-corrected chi connectivity index (χ3v) is 7.72. The van der Waals surface area contributed by atoms with Crippen molar-refractivity contribution in [3.63, 3.8) is 0 Å². The Balaban J connectivity index is 1.51. The second-order valence-corrected chi connectivity index (χ2v) is 10.7. The summed E-state index contributed by atoms with van der Waals surface area (Å²) in [7, 11) is 3.19. The van der Waals surface area contributed by atoms with E-state index in [9.17, 15) is 23.1 Å². The fourth-order valence-electron chi connectivity index (χ4n) is 5.39. The van der Waals surface area contributed by atoms with Crippen molar-refractivity contribution in [3.8, 4) is 17.0 Å². The van der Waals surface area contributed by atoms with E-state index < -0.39 is 29.0 Å². The zero-order valence-electron chi connectivity index (χ0n) is 23.4. The molecule has 1 atom stereocenters. The molecule has 2 fully saturated rings. The third-order valence-electron chi connectivity index (χ3n) is 7.72. The quantitative estimate of drug-likeness (QED) is 0.395. The molecule has 2 aliphatic heterocycles. The molecule has 5 rings (SSSR count). The van der Waals surface area contributed by atoms with Crippen LogP contribution < -0.4 is 15.0 Å². The number of ether oxygens (including phenoxy) is 1. The van der Waals surface area contributed by atoms with Crippen molar-refractivity contribution in [2.45, 2.75) is 25.2 Å². The molecule has 0 saturated carbocycles. The van der Waals surface area contributed by atoms with Gasteiger partial charge < -0.3 is 25.0 Å². The first-order valence-electron chi connectivity index (χ1n) is 13.7. The average molecular weight is 588 g/mol. The number of nitrogens with zero attached hydrogens (tertiary/aromatic N) is 4. The molecule has 2 aromatic carbocycles. The number of carbonyl (C=O) groups is 1. The molecule has 42 heavy (non-hydrogen) atoms. The van der Waals surface area contributed by atoms with Crippen molar-refractivity contribution in [3.05, 3.63) is 71.2 Å². The van der Waals surface area contributed by atoms with Crippen LogP contribution in [0.2, 0.25) is 0 Å². The highest BCUT2D eigenvalue weighted by atomic mass is 19.4. The van der Waals surface area contributed by atoms with Crippen molar-refractivity contribution in [2.24, 2.45) is 0 Å². The number of hydrogen-bond donors (Lipinski definition) is 2. The van der Waals surface area contributed by atoms with Crippen LogP contribution in [0.4, 0.5) is 28.9 Å². The zero-order valence-corrected chi connectivity index (χ0v) is 23.4. The smallest absolute Gasteiger partial charge is 0.417 e. The zero-order chi connectivity index (χ0) is 30.0. The number of β-amino-alcohol motifs (C(OH)–C–C–N with tert-alkyl or cyclic N) is 1. The molecule has 0 radical (unpaired) electrons. The summed E-state index contributed by atoms with van der Waals surface area (Å²) in [5.74, 6) is -1.73. The van der Waals surface area contributed by atoms with E-state index in [4.69, 9.17) is 4.74 Å². The van der Waals surface area contributed by atoms with Gasteiger partial charge in [0.05, 0.1) is 35.7 Å². The molecule has 2 saturated heterocycles. The molecule has 0 unspecified atom stereocenters. The molecule has 224 valence electrons. The highest BCUT2D eigenvalue weighted by Crippen LogP contribution is 2.37. The Morgan fingerprint density at radius 2 is 1.86 bits per heavy atom. The second-order valence-electron chi connectivity index (χ2n) is 10.7. The number of benzene rings is 2. The van der Waals surface area contributed by atoms with Gasteiger partial charge in [0.2, 0.25) is 5.88 Å². The van der Waals surface area contributed by atoms with Crippen molar-refractivity contribution >= 4 is 17.3 Å². The number of likely N-dealkylation sites (tertiary alicyclic amines) is 1. The number of pyridine rings is 1. The number of piperazine rings is 1. The number of anilines is 2. The van der Waals surface area contributed by atoms with E-state index in [-0.39, 0.29) is 17.7 Å². The predicted octanol–water partition coefficient (Wildman–Crippen LogP) is 4.49. The minimum absolute atomic E-state index is 0.262. The summed E-state index contributed by atoms with van der Waals surface area (Å²) in [4.78, 5) is 23.4. The van der Waals surface area contributed by atoms with E-state index in [1.807, 2.05) is 11.9 Å². The highest BCUT2D eigenvalue weighted by Gasteiger charge is 2.36. The van der Waals surface area contributed by atoms with Crippen LogP contribution in [0, 0.1) is 5.82 Å². The molecule has 2 aliphatic rings. The van der Waals surface area contributed by atoms with Gasteiger partial charge in [-0.1, -0.05) is 12.1 Å². The number of likely N-dealkylation sites (N-methyl/N-ethyl adjacent to an activating group) is 1. The summed E-state index contributed by atoms with van der Waals surface area (Å²) >= 11 is 0. The third kappa shape index (κ3) is 6.66. The number of aliphatic hydroxyl groups excluding tert-OH is 1. The number of hydrogen-bond acceptors (Lipinski definition) is 7. The molecule has 8 nitrogen and oxygen atoms in total. The fourth-order valence-corrected chi connectivity index (χ4v) is 5.39. The largest absolute Gasteiger partial charge is 0.481 e. The van der Waals surface area contributed by atoms with E-state index in [0.29, 0.717) is 55.5 Å². The van der Waals surface area contributed by atoms with Gasteiger partial charge in [0.25, 0.3) is 5.91 Å². The van der Waals surface area contributed by atoms with E-state index in [1.54, 1.807) is 30.3 Å². The Morgan fingerprint density at radius 1 is 1.10 bits per heavy atom. The van der Waals surface area contributed by atoms with Gasteiger partial charge in [-0.2, -0.15) is 13.2 Å². The Hall–Kier alpha value is -3.74. The van der Waals surface area contributed by atoms with Crippen LogP contribution in [0.3, 0.4) is 0 Å². The van der Waals surface area contributed by atoms with Gasteiger partial charge in [-0.25, -0.2) is 9.37 Å². The first-order chi connectivity index (χ1) is 20.0. The van der Waals surface area contributed by atoms with E-state index in [2.05, 4.69) is 20.1 Å². The summed E-state index contributed by atoms with van der Waals surface area (Å²) in [6.07, 6.45) is -3.67. The number of rotatable bonds is 7. The number of nitrogens with one attached hydrogen (secondary N) is 1. The van der Waals surface area contributed by atoms with Gasteiger partial charge in [-0.3, -0.25) is 9.69 Å². The van der Waals surface area contributed by atoms with Crippen LogP contribution in [0.15, 0.2) is 48.7 Å². The number of methoxy groups -OCH3 is 1. The Labute approximate surface area is 241 Å². The number of amides is 1. The summed E-state index contributed by atoms with van der Waals surface area (Å²) in [6, 6.07) is 10.6. The minimum Gasteiger partial charge on any atom is -0.481 e. The minimum atomic E-state index is -4.82. The maximum atomic E-state index is 15.1. The summed E-state index contributed by atoms with van der Waals surface area (Å²) < 4.78 is 61.6. The molecule has 12 heteroatoms. The van der Waals surface area contributed by atoms with Gasteiger partial charge in [0, 0.05) is 63.6 Å². The molecule has 2 N–H and O–H groups in total. The SMILES string of the molecule is COc1cc(C(F)(F)F)c(C(=O)Nc2cc(-c3cc(CN4CC[C@H](O)C4)ccc3F)ccc2N2CCN(C)CC2)cn1. The fraction of sp³-hybridized carbons (Fsp3) is 0.400. The highest BCUT2D eigenvalue weighted by molar-refractivity contribution is 6.07. The van der Waals surface area contributed by atoms with Crippen molar-refractivity contribution in [1.29, 1.82) is 0 Å². The molecule has 0 spiro atoms. The van der Waals surface area contributed by atoms with Crippen molar-refractivity contribution < 1.29 is 32.2 Å². The lowest BCUT2D eigenvalue weighted by molar-refractivity contribution is -0.138. The molecule has 0 bridgehead atoms. The monoisotopic (exact) mass is 587 g/mol. The van der Waals surface area contributed by atoms with E-state index in [0.717, 1.165) is 31.4 Å². The van der Waals surface area contributed by atoms with Crippen LogP contribution >= 0.6 is 0 Å². The van der Waals surface area contributed by atoms with Gasteiger partial charge in [-0.05, 0) is 48.9 Å². The number of carbonyl (C=O) groups excluding carboxylic acids is 1. The van der Waals surface area contributed by atoms with Gasteiger partial charge in [0.15, 0.2) is 0 Å². The number of aromatic nitrogens is 1. The summed E-state index contributed by atoms with van der Waals surface area (Å²) in [6.45, 7) is 4.63. The van der Waals surface area contributed by atoms with Crippen LogP contribution in [-0.4, -0.2) is 85.3 Å². The number of aliphatic hydroxyl groups is 1. The van der Waals surface area contributed by atoms with Crippen LogP contribution in [0.1, 0.15) is 27.9 Å². The van der Waals surface area contributed by atoms with Gasteiger partial charge in [0.1, 0.15) is 5.82 Å². The topological polar surface area (TPSA) is 81.2 Å². The van der Waals surface area contributed by atoms with Crippen LogP contribution in [0.5, 0.6) is 5.88 Å². The van der Waals surface area contributed by atoms with E-state index in [1.165, 1.54) is 13.2 Å². The molecule has 3 heterocycles. The first-order valence-corrected chi connectivity index (χ1v) is 13.7. The first kappa shape index (κ1) is 29.7. The molecular formula is C30H33F4N5O3. The van der Waals surface area contributed by atoms with E-state index >= 15 is 4.39 Å². The lowest BCUT2D eigenvalue weighted by Crippen LogP contribution is -2.44. The maximum absolute atomic E-state index is 15.1. The Bertz CT molecular complexity index is 1440. The average Bonchev–Trinajstić information content (AvgIpc) is 3.38. The van der Waals surface area contributed by atoms with Crippen molar-refractivity contribution in [1.82, 2.24) is 14.8 Å². The Morgan fingerprint density at radius 3 is 2.52 bits per heavy atom. The maximum Gasteiger partial charge on any atom is 0.417 e. The normalized spacial score (nSPS) is 18.4. The van der Waals surface area contributed by atoms with Gasteiger partial charge in [-0.15, -0.1) is 0 Å². The van der Waals surface area contributed by atoms with Crippen molar-refractivity contribution in [2.75, 3.05) is 63.6 Å². The summed E-state index contributed by atoms with van der Waals surface area (Å²) in [5.41, 5.74) is 0.682. The number of alkyl halides is 3. The predicted molar refractivity (Wildman–Crippen MR) is 151 cm³/mol. The van der Waals surface area contributed by atoms with Crippen LogP contribution in [0.25, 0.3) is 11.1 Å². The molecule has 0 aliphatic carbocycles. The number of halogens is 4. The lowest BCUT2D eigenvalue weighted by atomic mass is 10.00. The summed E-state index contributed by atoms with van der Waals surface area (Å²) in [5, 5.41) is 12.5. The molecule has 3 aromatic rings. The Kier molecular flexibility index (Phi) is 8.67. The molecule has 1 amide bonds. The molecule has 1 aromatic heterocycles.